The SMILES string of the molecule is COc1ccccc1-n1c(SCc2ccc(C(F)(F)F)cc2)nc2c([nH]c3ccccc32)c1=O. The highest BCUT2D eigenvalue weighted by molar-refractivity contribution is 7.98. The normalized spacial score (nSPS) is 11.9. The second-order valence-corrected chi connectivity index (χ2v) is 8.53. The molecule has 5 rings (SSSR count). The number of ether oxygens (including phenoxy) is 1. The number of thioether (sulfide) groups is 1. The summed E-state index contributed by atoms with van der Waals surface area (Å²) in [5.41, 5.74) is 1.91. The molecule has 34 heavy (non-hydrogen) atoms. The molecule has 3 aromatic carbocycles. The number of H-pyrrole nitrogens is 1. The van der Waals surface area contributed by atoms with Crippen molar-refractivity contribution in [1.82, 2.24) is 14.5 Å². The van der Waals surface area contributed by atoms with E-state index < -0.39 is 11.7 Å². The van der Waals surface area contributed by atoms with Crippen LogP contribution in [0.1, 0.15) is 11.1 Å². The highest BCUT2D eigenvalue weighted by Crippen LogP contribution is 2.32. The maximum atomic E-state index is 13.7. The predicted molar refractivity (Wildman–Crippen MR) is 127 cm³/mol. The van der Waals surface area contributed by atoms with Gasteiger partial charge in [-0.15, -0.1) is 0 Å². The van der Waals surface area contributed by atoms with Crippen LogP contribution in [-0.2, 0) is 11.9 Å². The van der Waals surface area contributed by atoms with Gasteiger partial charge in [-0.25, -0.2) is 9.55 Å². The number of rotatable bonds is 5. The molecule has 1 N–H and O–H groups in total. The average Bonchev–Trinajstić information content (AvgIpc) is 3.22. The van der Waals surface area contributed by atoms with Crippen LogP contribution in [0, 0.1) is 0 Å². The number of aromatic amines is 1. The van der Waals surface area contributed by atoms with E-state index in [1.54, 1.807) is 24.3 Å². The number of benzene rings is 3. The van der Waals surface area contributed by atoms with Gasteiger partial charge in [0.1, 0.15) is 16.8 Å². The molecule has 5 aromatic rings. The first-order valence-corrected chi connectivity index (χ1v) is 11.3. The monoisotopic (exact) mass is 481 g/mol. The largest absolute Gasteiger partial charge is 0.495 e. The van der Waals surface area contributed by atoms with Crippen molar-refractivity contribution in [2.45, 2.75) is 17.1 Å². The number of methoxy groups -OCH3 is 1. The van der Waals surface area contributed by atoms with E-state index in [1.165, 1.54) is 35.6 Å². The molecule has 2 heterocycles. The molecule has 0 aliphatic rings. The summed E-state index contributed by atoms with van der Waals surface area (Å²) in [7, 11) is 1.52. The van der Waals surface area contributed by atoms with Gasteiger partial charge in [0.2, 0.25) is 0 Å². The summed E-state index contributed by atoms with van der Waals surface area (Å²) in [6.07, 6.45) is -4.39. The van der Waals surface area contributed by atoms with E-state index in [0.717, 1.165) is 23.0 Å². The summed E-state index contributed by atoms with van der Waals surface area (Å²) in [6.45, 7) is 0. The van der Waals surface area contributed by atoms with E-state index in [1.807, 2.05) is 24.3 Å². The van der Waals surface area contributed by atoms with Crippen LogP contribution in [0.15, 0.2) is 82.7 Å². The van der Waals surface area contributed by atoms with Crippen LogP contribution < -0.4 is 10.3 Å². The quantitative estimate of drug-likeness (QED) is 0.240. The van der Waals surface area contributed by atoms with Gasteiger partial charge in [-0.3, -0.25) is 4.79 Å². The minimum Gasteiger partial charge on any atom is -0.495 e. The van der Waals surface area contributed by atoms with Crippen LogP contribution in [0.4, 0.5) is 13.2 Å². The molecule has 5 nitrogen and oxygen atoms in total. The molecule has 0 saturated heterocycles. The summed E-state index contributed by atoms with van der Waals surface area (Å²) >= 11 is 1.27. The Hall–Kier alpha value is -3.72. The predicted octanol–water partition coefficient (Wildman–Crippen LogP) is 6.19. The van der Waals surface area contributed by atoms with Gasteiger partial charge in [-0.1, -0.05) is 54.2 Å². The molecule has 0 unspecified atom stereocenters. The summed E-state index contributed by atoms with van der Waals surface area (Å²) < 4.78 is 45.7. The van der Waals surface area contributed by atoms with E-state index in [2.05, 4.69) is 4.98 Å². The average molecular weight is 481 g/mol. The molecule has 2 aromatic heterocycles. The zero-order valence-corrected chi connectivity index (χ0v) is 18.7. The molecule has 0 aliphatic carbocycles. The molecule has 0 aliphatic heterocycles. The molecule has 0 bridgehead atoms. The zero-order valence-electron chi connectivity index (χ0n) is 17.9. The van der Waals surface area contributed by atoms with Gasteiger partial charge < -0.3 is 9.72 Å². The smallest absolute Gasteiger partial charge is 0.416 e. The number of nitrogens with zero attached hydrogens (tertiary/aromatic N) is 2. The summed E-state index contributed by atoms with van der Waals surface area (Å²) in [4.78, 5) is 21.6. The lowest BCUT2D eigenvalue weighted by Gasteiger charge is -2.15. The van der Waals surface area contributed by atoms with E-state index >= 15 is 0 Å². The Kier molecular flexibility index (Phi) is 5.57. The number of fused-ring (bicyclic) bond motifs is 3. The molecule has 0 radical (unpaired) electrons. The Labute approximate surface area is 196 Å². The van der Waals surface area contributed by atoms with Gasteiger partial charge in [-0.2, -0.15) is 13.2 Å². The molecule has 0 saturated carbocycles. The number of aromatic nitrogens is 3. The van der Waals surface area contributed by atoms with Gasteiger partial charge in [-0.05, 0) is 35.9 Å². The fourth-order valence-corrected chi connectivity index (χ4v) is 4.76. The standard InChI is InChI=1S/C25H18F3N3O2S/c1-33-20-9-5-4-8-19(20)31-23(32)22-21(17-6-2-3-7-18(17)29-22)30-24(31)34-14-15-10-12-16(13-11-15)25(26,27)28/h2-13,29H,14H2,1H3. The lowest BCUT2D eigenvalue weighted by molar-refractivity contribution is -0.137. The first-order chi connectivity index (χ1) is 16.4. The number of nitrogens with one attached hydrogen (secondary N) is 1. The van der Waals surface area contributed by atoms with Crippen molar-refractivity contribution in [1.29, 1.82) is 0 Å². The van der Waals surface area contributed by atoms with Gasteiger partial charge in [0.25, 0.3) is 5.56 Å². The maximum Gasteiger partial charge on any atom is 0.416 e. The number of alkyl halides is 3. The van der Waals surface area contributed by atoms with Crippen LogP contribution in [0.2, 0.25) is 0 Å². The fraction of sp³-hybridized carbons (Fsp3) is 0.120. The lowest BCUT2D eigenvalue weighted by atomic mass is 10.1. The summed E-state index contributed by atoms with van der Waals surface area (Å²) in [5.74, 6) is 0.825. The van der Waals surface area contributed by atoms with Crippen molar-refractivity contribution in [3.05, 3.63) is 94.3 Å². The molecular weight excluding hydrogens is 463 g/mol. The molecule has 0 fully saturated rings. The molecule has 172 valence electrons. The van der Waals surface area contributed by atoms with Crippen LogP contribution in [0.3, 0.4) is 0 Å². The third-order valence-electron chi connectivity index (χ3n) is 5.47. The minimum atomic E-state index is -4.39. The first-order valence-electron chi connectivity index (χ1n) is 10.3. The molecular formula is C25H18F3N3O2S. The van der Waals surface area contributed by atoms with E-state index in [0.29, 0.717) is 38.9 Å². The van der Waals surface area contributed by atoms with Crippen LogP contribution >= 0.6 is 11.8 Å². The highest BCUT2D eigenvalue weighted by atomic mass is 32.2. The molecule has 0 spiro atoms. The first kappa shape index (κ1) is 22.1. The Bertz CT molecular complexity index is 1560. The molecule has 9 heteroatoms. The van der Waals surface area contributed by atoms with Gasteiger partial charge >= 0.3 is 6.18 Å². The van der Waals surface area contributed by atoms with Gasteiger partial charge in [0.15, 0.2) is 5.16 Å². The van der Waals surface area contributed by atoms with E-state index in [4.69, 9.17) is 9.72 Å². The maximum absolute atomic E-state index is 13.7. The van der Waals surface area contributed by atoms with Crippen molar-refractivity contribution >= 4 is 33.7 Å². The van der Waals surface area contributed by atoms with Crippen LogP contribution in [0.25, 0.3) is 27.6 Å². The van der Waals surface area contributed by atoms with Crippen molar-refractivity contribution in [2.75, 3.05) is 7.11 Å². The number of hydrogen-bond donors (Lipinski definition) is 1. The minimum absolute atomic E-state index is 0.291. The third kappa shape index (κ3) is 3.92. The van der Waals surface area contributed by atoms with Crippen molar-refractivity contribution in [3.8, 4) is 11.4 Å². The number of hydrogen-bond acceptors (Lipinski definition) is 4. The van der Waals surface area contributed by atoms with Crippen molar-refractivity contribution < 1.29 is 17.9 Å². The van der Waals surface area contributed by atoms with Crippen LogP contribution in [0.5, 0.6) is 5.75 Å². The van der Waals surface area contributed by atoms with E-state index in [9.17, 15) is 18.0 Å². The summed E-state index contributed by atoms with van der Waals surface area (Å²) in [5, 5.41) is 1.23. The fourth-order valence-electron chi connectivity index (χ4n) is 3.80. The third-order valence-corrected chi connectivity index (χ3v) is 6.48. The zero-order chi connectivity index (χ0) is 23.9. The van der Waals surface area contributed by atoms with Gasteiger partial charge in [0.05, 0.1) is 18.4 Å². The van der Waals surface area contributed by atoms with Crippen molar-refractivity contribution in [2.24, 2.45) is 0 Å². The van der Waals surface area contributed by atoms with Crippen molar-refractivity contribution in [3.63, 3.8) is 0 Å². The second kappa shape index (κ2) is 8.57. The Balaban J connectivity index is 1.64. The Morgan fingerprint density at radius 3 is 2.44 bits per heavy atom. The number of para-hydroxylation sites is 3. The van der Waals surface area contributed by atoms with Gasteiger partial charge in [0, 0.05) is 16.7 Å². The lowest BCUT2D eigenvalue weighted by Crippen LogP contribution is -2.22. The highest BCUT2D eigenvalue weighted by Gasteiger charge is 2.30. The molecule has 0 amide bonds. The summed E-state index contributed by atoms with van der Waals surface area (Å²) in [6, 6.07) is 19.6. The van der Waals surface area contributed by atoms with E-state index in [-0.39, 0.29) is 5.56 Å². The topological polar surface area (TPSA) is 59.9 Å². The Morgan fingerprint density at radius 2 is 1.71 bits per heavy atom. The van der Waals surface area contributed by atoms with Crippen LogP contribution in [-0.4, -0.2) is 21.6 Å². The second-order valence-electron chi connectivity index (χ2n) is 7.58. The number of halogens is 3. The molecule has 0 atom stereocenters. The Morgan fingerprint density at radius 1 is 1.00 bits per heavy atom.